The van der Waals surface area contributed by atoms with Crippen molar-refractivity contribution in [1.29, 1.82) is 0 Å². The standard InChI is InChI=1S/C17H28N2O/c1-12(2)20-16-9-5-8-15(17(16)18)19-14-7-4-6-13(3)10-11-14/h5,8-9,12-14,19H,4,6-7,10-11,18H2,1-3H3. The van der Waals surface area contributed by atoms with E-state index in [0.29, 0.717) is 6.04 Å². The van der Waals surface area contributed by atoms with Gasteiger partial charge >= 0.3 is 0 Å². The minimum absolute atomic E-state index is 0.145. The summed E-state index contributed by atoms with van der Waals surface area (Å²) in [5, 5.41) is 3.62. The summed E-state index contributed by atoms with van der Waals surface area (Å²) in [6, 6.07) is 6.54. The van der Waals surface area contributed by atoms with Gasteiger partial charge in [-0.25, -0.2) is 0 Å². The second kappa shape index (κ2) is 6.87. The lowest BCUT2D eigenvalue weighted by Gasteiger charge is -2.21. The van der Waals surface area contributed by atoms with Crippen molar-refractivity contribution in [3.05, 3.63) is 18.2 Å². The maximum atomic E-state index is 6.23. The normalized spacial score (nSPS) is 23.4. The first-order valence-electron chi connectivity index (χ1n) is 7.88. The van der Waals surface area contributed by atoms with E-state index in [0.717, 1.165) is 23.0 Å². The summed E-state index contributed by atoms with van der Waals surface area (Å²) in [6.45, 7) is 6.40. The molecule has 0 bridgehead atoms. The summed E-state index contributed by atoms with van der Waals surface area (Å²) in [6.07, 6.45) is 6.58. The summed E-state index contributed by atoms with van der Waals surface area (Å²) in [5.74, 6) is 1.64. The lowest BCUT2D eigenvalue weighted by molar-refractivity contribution is 0.244. The molecular formula is C17H28N2O. The second-order valence-corrected chi connectivity index (χ2v) is 6.34. The molecule has 1 fully saturated rings. The third kappa shape index (κ3) is 4.06. The van der Waals surface area contributed by atoms with E-state index in [-0.39, 0.29) is 6.10 Å². The number of benzene rings is 1. The lowest BCUT2D eigenvalue weighted by atomic mass is 10.0. The zero-order valence-electron chi connectivity index (χ0n) is 13.0. The van der Waals surface area contributed by atoms with Gasteiger partial charge in [0.15, 0.2) is 0 Å². The van der Waals surface area contributed by atoms with E-state index in [1.54, 1.807) is 0 Å². The SMILES string of the molecule is CC1CCCC(Nc2cccc(OC(C)C)c2N)CC1. The minimum Gasteiger partial charge on any atom is -0.489 e. The highest BCUT2D eigenvalue weighted by Crippen LogP contribution is 2.32. The maximum absolute atomic E-state index is 6.23. The Bertz CT molecular complexity index is 431. The van der Waals surface area contributed by atoms with Crippen LogP contribution in [-0.2, 0) is 0 Å². The lowest BCUT2D eigenvalue weighted by Crippen LogP contribution is -2.19. The molecule has 1 aliphatic rings. The summed E-state index contributed by atoms with van der Waals surface area (Å²) >= 11 is 0. The van der Waals surface area contributed by atoms with Crippen LogP contribution in [0.1, 0.15) is 52.9 Å². The Labute approximate surface area is 122 Å². The van der Waals surface area contributed by atoms with Crippen molar-refractivity contribution in [2.75, 3.05) is 11.1 Å². The van der Waals surface area contributed by atoms with Gasteiger partial charge in [0, 0.05) is 6.04 Å². The van der Waals surface area contributed by atoms with Gasteiger partial charge in [-0.15, -0.1) is 0 Å². The largest absolute Gasteiger partial charge is 0.489 e. The zero-order chi connectivity index (χ0) is 14.5. The van der Waals surface area contributed by atoms with E-state index in [4.69, 9.17) is 10.5 Å². The van der Waals surface area contributed by atoms with Crippen LogP contribution in [0.15, 0.2) is 18.2 Å². The maximum Gasteiger partial charge on any atom is 0.144 e. The van der Waals surface area contributed by atoms with Crippen LogP contribution in [0.4, 0.5) is 11.4 Å². The summed E-state index contributed by atoms with van der Waals surface area (Å²) in [7, 11) is 0. The molecule has 0 spiro atoms. The Balaban J connectivity index is 2.05. The van der Waals surface area contributed by atoms with E-state index in [1.165, 1.54) is 32.1 Å². The number of nitrogens with two attached hydrogens (primary N) is 1. The number of hydrogen-bond acceptors (Lipinski definition) is 3. The van der Waals surface area contributed by atoms with Crippen LogP contribution in [0.25, 0.3) is 0 Å². The van der Waals surface area contributed by atoms with Gasteiger partial charge in [-0.05, 0) is 51.2 Å². The number of nitrogens with one attached hydrogen (secondary N) is 1. The molecule has 3 N–H and O–H groups in total. The minimum atomic E-state index is 0.145. The van der Waals surface area contributed by atoms with Gasteiger partial charge in [0.05, 0.1) is 17.5 Å². The molecule has 0 radical (unpaired) electrons. The number of rotatable bonds is 4. The summed E-state index contributed by atoms with van der Waals surface area (Å²) in [5.41, 5.74) is 7.98. The van der Waals surface area contributed by atoms with Crippen LogP contribution < -0.4 is 15.8 Å². The summed E-state index contributed by atoms with van der Waals surface area (Å²) in [4.78, 5) is 0. The average molecular weight is 276 g/mol. The van der Waals surface area contributed by atoms with Crippen molar-refractivity contribution in [3.63, 3.8) is 0 Å². The van der Waals surface area contributed by atoms with Gasteiger partial charge in [-0.3, -0.25) is 0 Å². The van der Waals surface area contributed by atoms with Crippen LogP contribution >= 0.6 is 0 Å². The fraction of sp³-hybridized carbons (Fsp3) is 0.647. The molecule has 2 atom stereocenters. The van der Waals surface area contributed by atoms with Gasteiger partial charge in [0.2, 0.25) is 0 Å². The molecule has 1 saturated carbocycles. The predicted octanol–water partition coefficient (Wildman–Crippen LogP) is 4.44. The molecule has 3 nitrogen and oxygen atoms in total. The van der Waals surface area contributed by atoms with Crippen molar-refractivity contribution in [2.24, 2.45) is 5.92 Å². The first-order valence-corrected chi connectivity index (χ1v) is 7.88. The number of hydrogen-bond donors (Lipinski definition) is 2. The smallest absolute Gasteiger partial charge is 0.144 e. The average Bonchev–Trinajstić information content (AvgIpc) is 2.59. The van der Waals surface area contributed by atoms with Crippen molar-refractivity contribution >= 4 is 11.4 Å². The number of nitrogen functional groups attached to an aromatic ring is 1. The molecule has 1 aliphatic carbocycles. The molecular weight excluding hydrogens is 248 g/mol. The highest BCUT2D eigenvalue weighted by Gasteiger charge is 2.17. The van der Waals surface area contributed by atoms with E-state index in [9.17, 15) is 0 Å². The quantitative estimate of drug-likeness (QED) is 0.631. The zero-order valence-corrected chi connectivity index (χ0v) is 13.0. The van der Waals surface area contributed by atoms with Gasteiger partial charge in [0.25, 0.3) is 0 Å². The molecule has 0 heterocycles. The molecule has 20 heavy (non-hydrogen) atoms. The third-order valence-corrected chi connectivity index (χ3v) is 4.05. The Hall–Kier alpha value is -1.38. The van der Waals surface area contributed by atoms with E-state index in [1.807, 2.05) is 26.0 Å². The van der Waals surface area contributed by atoms with E-state index >= 15 is 0 Å². The second-order valence-electron chi connectivity index (χ2n) is 6.34. The molecule has 1 aromatic carbocycles. The van der Waals surface area contributed by atoms with E-state index < -0.39 is 0 Å². The van der Waals surface area contributed by atoms with Crippen molar-refractivity contribution in [2.45, 2.75) is 65.0 Å². The molecule has 3 heteroatoms. The molecule has 0 saturated heterocycles. The van der Waals surface area contributed by atoms with Crippen molar-refractivity contribution < 1.29 is 4.74 Å². The van der Waals surface area contributed by atoms with Gasteiger partial charge in [-0.1, -0.05) is 25.8 Å². The van der Waals surface area contributed by atoms with Crippen molar-refractivity contribution in [1.82, 2.24) is 0 Å². The third-order valence-electron chi connectivity index (χ3n) is 4.05. The fourth-order valence-electron chi connectivity index (χ4n) is 2.88. The fourth-order valence-corrected chi connectivity index (χ4v) is 2.88. The molecule has 2 unspecified atom stereocenters. The Kier molecular flexibility index (Phi) is 5.16. The van der Waals surface area contributed by atoms with Gasteiger partial charge in [-0.2, -0.15) is 0 Å². The topological polar surface area (TPSA) is 47.3 Å². The van der Waals surface area contributed by atoms with Crippen LogP contribution in [0, 0.1) is 5.92 Å². The number of anilines is 2. The molecule has 2 rings (SSSR count). The van der Waals surface area contributed by atoms with Crippen LogP contribution in [0.5, 0.6) is 5.75 Å². The predicted molar refractivity (Wildman–Crippen MR) is 86.3 cm³/mol. The Morgan fingerprint density at radius 1 is 1.20 bits per heavy atom. The van der Waals surface area contributed by atoms with Crippen LogP contribution in [0.2, 0.25) is 0 Å². The number of ether oxygens (including phenoxy) is 1. The molecule has 1 aromatic rings. The van der Waals surface area contributed by atoms with Gasteiger partial charge in [0.1, 0.15) is 5.75 Å². The Morgan fingerprint density at radius 3 is 2.75 bits per heavy atom. The summed E-state index contributed by atoms with van der Waals surface area (Å²) < 4.78 is 5.75. The molecule has 0 aliphatic heterocycles. The first-order chi connectivity index (χ1) is 9.56. The molecule has 112 valence electrons. The highest BCUT2D eigenvalue weighted by molar-refractivity contribution is 5.73. The van der Waals surface area contributed by atoms with Crippen LogP contribution in [-0.4, -0.2) is 12.1 Å². The van der Waals surface area contributed by atoms with E-state index in [2.05, 4.69) is 18.3 Å². The van der Waals surface area contributed by atoms with Crippen LogP contribution in [0.3, 0.4) is 0 Å². The Morgan fingerprint density at radius 2 is 2.00 bits per heavy atom. The number of para-hydroxylation sites is 1. The molecule has 0 aromatic heterocycles. The van der Waals surface area contributed by atoms with Crippen molar-refractivity contribution in [3.8, 4) is 5.75 Å². The monoisotopic (exact) mass is 276 g/mol. The molecule has 0 amide bonds. The highest BCUT2D eigenvalue weighted by atomic mass is 16.5. The van der Waals surface area contributed by atoms with Gasteiger partial charge < -0.3 is 15.8 Å². The first kappa shape index (κ1) is 15.0.